The summed E-state index contributed by atoms with van der Waals surface area (Å²) in [6.07, 6.45) is 0. The van der Waals surface area contributed by atoms with E-state index in [9.17, 15) is 0 Å². The number of hydrogen-bond acceptors (Lipinski definition) is 2. The minimum atomic E-state index is 0.124. The van der Waals surface area contributed by atoms with Gasteiger partial charge in [-0.05, 0) is 58.7 Å². The van der Waals surface area contributed by atoms with Crippen LogP contribution in [0.25, 0.3) is 0 Å². The van der Waals surface area contributed by atoms with Crippen molar-refractivity contribution in [3.8, 4) is 0 Å². The van der Waals surface area contributed by atoms with Crippen molar-refractivity contribution in [2.45, 2.75) is 11.8 Å². The van der Waals surface area contributed by atoms with Crippen molar-refractivity contribution in [1.82, 2.24) is 4.98 Å². The van der Waals surface area contributed by atoms with E-state index in [0.29, 0.717) is 0 Å². The lowest BCUT2D eigenvalue weighted by Crippen LogP contribution is -2.10. The third-order valence-electron chi connectivity index (χ3n) is 7.10. The zero-order valence-corrected chi connectivity index (χ0v) is 22.1. The number of hydrogen-bond donors (Lipinski definition) is 1. The van der Waals surface area contributed by atoms with Crippen molar-refractivity contribution in [2.24, 2.45) is 0 Å². The van der Waals surface area contributed by atoms with Crippen LogP contribution >= 0.6 is 0 Å². The highest BCUT2D eigenvalue weighted by Crippen LogP contribution is 2.37. The summed E-state index contributed by atoms with van der Waals surface area (Å²) in [5.74, 6) is 0.248. The number of nitrogens with zero attached hydrogens (tertiary/aromatic N) is 2. The number of benzene rings is 4. The Morgan fingerprint density at radius 1 is 0.405 bits per heavy atom. The van der Waals surface area contributed by atoms with E-state index in [1.807, 2.05) is 0 Å². The van der Waals surface area contributed by atoms with Crippen LogP contribution in [-0.4, -0.2) is 33.2 Å². The Labute approximate surface area is 221 Å². The summed E-state index contributed by atoms with van der Waals surface area (Å²) in [5, 5.41) is 0. The summed E-state index contributed by atoms with van der Waals surface area (Å²) < 4.78 is 0. The molecule has 3 nitrogen and oxygen atoms in total. The molecule has 0 radical (unpaired) electrons. The third kappa shape index (κ3) is 5.31. The second-order valence-corrected chi connectivity index (χ2v) is 10.0. The van der Waals surface area contributed by atoms with Gasteiger partial charge in [0.05, 0.1) is 0 Å². The number of nitrogens with one attached hydrogen (secondary N) is 1. The van der Waals surface area contributed by atoms with Crippen molar-refractivity contribution in [3.05, 3.63) is 155 Å². The van der Waals surface area contributed by atoms with Crippen molar-refractivity contribution >= 4 is 11.4 Å². The molecular formula is C34H35N3. The summed E-state index contributed by atoms with van der Waals surface area (Å²) in [5.41, 5.74) is 9.91. The lowest BCUT2D eigenvalue weighted by atomic mass is 9.88. The molecule has 0 saturated heterocycles. The lowest BCUT2D eigenvalue weighted by molar-refractivity contribution is 0.880. The minimum absolute atomic E-state index is 0.124. The van der Waals surface area contributed by atoms with Crippen LogP contribution in [0.1, 0.15) is 45.5 Å². The van der Waals surface area contributed by atoms with E-state index in [1.165, 1.54) is 45.0 Å². The topological polar surface area (TPSA) is 22.3 Å². The van der Waals surface area contributed by atoms with Crippen LogP contribution in [0.4, 0.5) is 11.4 Å². The summed E-state index contributed by atoms with van der Waals surface area (Å²) in [6, 6.07) is 43.9. The predicted octanol–water partition coefficient (Wildman–Crippen LogP) is 7.51. The van der Waals surface area contributed by atoms with Gasteiger partial charge in [0.25, 0.3) is 0 Å². The molecule has 2 atom stereocenters. The molecule has 0 bridgehead atoms. The Balaban J connectivity index is 1.58. The Morgan fingerprint density at radius 2 is 0.730 bits per heavy atom. The van der Waals surface area contributed by atoms with Gasteiger partial charge in [0.1, 0.15) is 0 Å². The van der Waals surface area contributed by atoms with Gasteiger partial charge in [-0.2, -0.15) is 0 Å². The average Bonchev–Trinajstić information content (AvgIpc) is 3.40. The zero-order valence-electron chi connectivity index (χ0n) is 22.1. The molecule has 0 saturated carbocycles. The predicted molar refractivity (Wildman–Crippen MR) is 157 cm³/mol. The van der Waals surface area contributed by atoms with Crippen LogP contribution in [-0.2, 0) is 0 Å². The summed E-state index contributed by atoms with van der Waals surface area (Å²) >= 11 is 0. The van der Waals surface area contributed by atoms with Gasteiger partial charge in [-0.1, -0.05) is 84.9 Å². The van der Waals surface area contributed by atoms with E-state index >= 15 is 0 Å². The van der Waals surface area contributed by atoms with Crippen LogP contribution in [0.3, 0.4) is 0 Å². The minimum Gasteiger partial charge on any atom is -0.378 e. The van der Waals surface area contributed by atoms with E-state index in [2.05, 4.69) is 164 Å². The first-order valence-electron chi connectivity index (χ1n) is 12.8. The first-order chi connectivity index (χ1) is 18.0. The van der Waals surface area contributed by atoms with Gasteiger partial charge in [-0.15, -0.1) is 0 Å². The highest BCUT2D eigenvalue weighted by atomic mass is 15.1. The molecule has 5 rings (SSSR count). The number of anilines is 2. The van der Waals surface area contributed by atoms with E-state index in [-0.39, 0.29) is 11.8 Å². The maximum absolute atomic E-state index is 3.86. The number of aromatic amines is 1. The van der Waals surface area contributed by atoms with Gasteiger partial charge in [0.15, 0.2) is 0 Å². The molecule has 0 aliphatic heterocycles. The van der Waals surface area contributed by atoms with Crippen LogP contribution in [0.15, 0.2) is 121 Å². The fraction of sp³-hybridized carbons (Fsp3) is 0.176. The van der Waals surface area contributed by atoms with Gasteiger partial charge in [-0.25, -0.2) is 0 Å². The molecule has 186 valence electrons. The fourth-order valence-electron chi connectivity index (χ4n) is 5.09. The molecule has 0 fully saturated rings. The van der Waals surface area contributed by atoms with Crippen LogP contribution < -0.4 is 9.80 Å². The lowest BCUT2D eigenvalue weighted by Gasteiger charge is -2.21. The summed E-state index contributed by atoms with van der Waals surface area (Å²) in [7, 11) is 8.32. The Kier molecular flexibility index (Phi) is 7.14. The molecule has 4 aromatic carbocycles. The number of aromatic nitrogens is 1. The zero-order chi connectivity index (χ0) is 25.8. The molecule has 0 spiro atoms. The van der Waals surface area contributed by atoms with Crippen LogP contribution in [0.2, 0.25) is 0 Å². The van der Waals surface area contributed by atoms with Crippen molar-refractivity contribution < 1.29 is 0 Å². The van der Waals surface area contributed by atoms with E-state index < -0.39 is 0 Å². The van der Waals surface area contributed by atoms with Gasteiger partial charge >= 0.3 is 0 Å². The average molecular weight is 486 g/mol. The van der Waals surface area contributed by atoms with Crippen molar-refractivity contribution in [2.75, 3.05) is 38.0 Å². The first kappa shape index (κ1) is 24.5. The monoisotopic (exact) mass is 485 g/mol. The smallest absolute Gasteiger partial charge is 0.0490 e. The molecule has 0 aliphatic carbocycles. The second kappa shape index (κ2) is 10.8. The van der Waals surface area contributed by atoms with Gasteiger partial charge in [0.2, 0.25) is 0 Å². The SMILES string of the molecule is CN(C)c1ccc(C(c2ccccc2)c2ccc(C(c3ccccc3)c3ccc(N(C)C)cc3)[nH]2)cc1. The normalized spacial score (nSPS) is 12.6. The fourth-order valence-corrected chi connectivity index (χ4v) is 5.09. The Bertz CT molecular complexity index is 1290. The molecule has 1 N–H and O–H groups in total. The van der Waals surface area contributed by atoms with E-state index in [4.69, 9.17) is 0 Å². The number of H-pyrrole nitrogens is 1. The van der Waals surface area contributed by atoms with Gasteiger partial charge in [0, 0.05) is 62.8 Å². The molecule has 1 aromatic heterocycles. The van der Waals surface area contributed by atoms with Gasteiger partial charge < -0.3 is 14.8 Å². The Morgan fingerprint density at radius 3 is 1.05 bits per heavy atom. The quantitative estimate of drug-likeness (QED) is 0.246. The maximum Gasteiger partial charge on any atom is 0.0490 e. The van der Waals surface area contributed by atoms with E-state index in [0.717, 1.165) is 0 Å². The Hall–Kier alpha value is -4.24. The molecule has 1 heterocycles. The highest BCUT2D eigenvalue weighted by Gasteiger charge is 2.23. The molecule has 0 amide bonds. The summed E-state index contributed by atoms with van der Waals surface area (Å²) in [6.45, 7) is 0. The van der Waals surface area contributed by atoms with Crippen molar-refractivity contribution in [3.63, 3.8) is 0 Å². The number of rotatable bonds is 8. The molecule has 3 heteroatoms. The molecular weight excluding hydrogens is 450 g/mol. The van der Waals surface area contributed by atoms with Gasteiger partial charge in [-0.3, -0.25) is 0 Å². The van der Waals surface area contributed by atoms with Crippen LogP contribution in [0.5, 0.6) is 0 Å². The highest BCUT2D eigenvalue weighted by molar-refractivity contribution is 5.52. The second-order valence-electron chi connectivity index (χ2n) is 10.0. The molecule has 0 aliphatic rings. The standard InChI is InChI=1S/C34H35N3/c1-36(2)29-19-15-27(16-20-29)33(25-11-7-5-8-12-25)31-23-24-32(35-31)34(26-13-9-6-10-14-26)28-17-21-30(22-18-28)37(3)4/h5-24,33-35H,1-4H3. The largest absolute Gasteiger partial charge is 0.378 e. The maximum atomic E-state index is 3.86. The molecule has 2 unspecified atom stereocenters. The van der Waals surface area contributed by atoms with Crippen LogP contribution in [0, 0.1) is 0 Å². The molecule has 5 aromatic rings. The molecule has 37 heavy (non-hydrogen) atoms. The van der Waals surface area contributed by atoms with E-state index in [1.54, 1.807) is 0 Å². The van der Waals surface area contributed by atoms with Crippen molar-refractivity contribution in [1.29, 1.82) is 0 Å². The summed E-state index contributed by atoms with van der Waals surface area (Å²) in [4.78, 5) is 8.14. The third-order valence-corrected chi connectivity index (χ3v) is 7.10. The first-order valence-corrected chi connectivity index (χ1v) is 12.8.